The smallest absolute Gasteiger partial charge is 0.141 e. The van der Waals surface area contributed by atoms with Gasteiger partial charge in [0.25, 0.3) is 0 Å². The third-order valence-electron chi connectivity index (χ3n) is 2.10. The highest BCUT2D eigenvalue weighted by Gasteiger charge is 2.00. The van der Waals surface area contributed by atoms with Crippen LogP contribution in [0.5, 0.6) is 0 Å². The van der Waals surface area contributed by atoms with Crippen LogP contribution in [0.1, 0.15) is 16.7 Å². The highest BCUT2D eigenvalue weighted by molar-refractivity contribution is 5.45. The van der Waals surface area contributed by atoms with E-state index in [9.17, 15) is 4.39 Å². The van der Waals surface area contributed by atoms with Crippen LogP contribution in [0.2, 0.25) is 0 Å². The third kappa shape index (κ3) is 2.68. The second-order valence-corrected chi connectivity index (χ2v) is 3.30. The molecule has 3 heteroatoms. The summed E-state index contributed by atoms with van der Waals surface area (Å²) in [6.07, 6.45) is 3.30. The fourth-order valence-corrected chi connectivity index (χ4v) is 1.27. The maximum absolute atomic E-state index is 13.1. The first-order chi connectivity index (χ1) is 8.29. The summed E-state index contributed by atoms with van der Waals surface area (Å²) in [5, 5.41) is 8.68. The molecule has 17 heavy (non-hydrogen) atoms. The molecule has 0 saturated heterocycles. The third-order valence-corrected chi connectivity index (χ3v) is 2.10. The van der Waals surface area contributed by atoms with Crippen molar-refractivity contribution >= 4 is 0 Å². The largest absolute Gasteiger partial charge is 0.263 e. The minimum atomic E-state index is -0.528. The van der Waals surface area contributed by atoms with E-state index in [1.165, 1.54) is 12.1 Å². The van der Waals surface area contributed by atoms with Crippen LogP contribution in [-0.2, 0) is 0 Å². The number of pyridine rings is 1. The molecule has 80 valence electrons. The lowest BCUT2D eigenvalue weighted by Gasteiger charge is -1.93. The van der Waals surface area contributed by atoms with Crippen LogP contribution in [-0.4, -0.2) is 4.98 Å². The molecule has 0 aliphatic heterocycles. The first-order valence-corrected chi connectivity index (χ1v) is 4.91. The maximum atomic E-state index is 13.1. The number of benzene rings is 1. The van der Waals surface area contributed by atoms with Crippen molar-refractivity contribution in [3.05, 3.63) is 65.2 Å². The standard InChI is InChI=1S/C14H7FN2/c15-14-6-5-11(8-13(14)9-16)3-4-12-2-1-7-17-10-12/h1-2,5-8,10H. The molecule has 1 aromatic heterocycles. The van der Waals surface area contributed by atoms with Crippen LogP contribution in [0, 0.1) is 29.0 Å². The Kier molecular flexibility index (Phi) is 3.14. The highest BCUT2D eigenvalue weighted by Crippen LogP contribution is 2.08. The van der Waals surface area contributed by atoms with Crippen molar-refractivity contribution in [2.75, 3.05) is 0 Å². The fourth-order valence-electron chi connectivity index (χ4n) is 1.27. The van der Waals surface area contributed by atoms with Crippen LogP contribution < -0.4 is 0 Å². The molecular formula is C14H7FN2. The molecule has 0 aliphatic carbocycles. The second-order valence-electron chi connectivity index (χ2n) is 3.30. The van der Waals surface area contributed by atoms with E-state index in [2.05, 4.69) is 16.8 Å². The predicted molar refractivity (Wildman–Crippen MR) is 61.3 cm³/mol. The van der Waals surface area contributed by atoms with E-state index in [0.29, 0.717) is 5.56 Å². The van der Waals surface area contributed by atoms with E-state index < -0.39 is 5.82 Å². The van der Waals surface area contributed by atoms with E-state index >= 15 is 0 Å². The van der Waals surface area contributed by atoms with Gasteiger partial charge >= 0.3 is 0 Å². The quantitative estimate of drug-likeness (QED) is 0.642. The Labute approximate surface area is 98.4 Å². The summed E-state index contributed by atoms with van der Waals surface area (Å²) in [6.45, 7) is 0. The first-order valence-electron chi connectivity index (χ1n) is 4.91. The van der Waals surface area contributed by atoms with Crippen molar-refractivity contribution in [2.45, 2.75) is 0 Å². The van der Waals surface area contributed by atoms with Crippen molar-refractivity contribution in [1.82, 2.24) is 4.98 Å². The molecule has 0 atom stereocenters. The minimum Gasteiger partial charge on any atom is -0.263 e. The molecule has 0 unspecified atom stereocenters. The Hall–Kier alpha value is -2.65. The Morgan fingerprint density at radius 2 is 1.94 bits per heavy atom. The first kappa shape index (κ1) is 10.9. The number of nitriles is 1. The van der Waals surface area contributed by atoms with Gasteiger partial charge in [-0.2, -0.15) is 5.26 Å². The summed E-state index contributed by atoms with van der Waals surface area (Å²) in [4.78, 5) is 3.93. The Balaban J connectivity index is 2.32. The van der Waals surface area contributed by atoms with Gasteiger partial charge in [-0.1, -0.05) is 11.8 Å². The van der Waals surface area contributed by atoms with Crippen LogP contribution in [0.15, 0.2) is 42.7 Å². The molecule has 2 aromatic rings. The van der Waals surface area contributed by atoms with Crippen molar-refractivity contribution in [3.8, 4) is 17.9 Å². The van der Waals surface area contributed by atoms with Crippen molar-refractivity contribution in [3.63, 3.8) is 0 Å². The number of nitrogens with zero attached hydrogens (tertiary/aromatic N) is 2. The Bertz CT molecular complexity index is 631. The number of hydrogen-bond acceptors (Lipinski definition) is 2. The van der Waals surface area contributed by atoms with Crippen molar-refractivity contribution in [2.24, 2.45) is 0 Å². The van der Waals surface area contributed by atoms with E-state index in [-0.39, 0.29) is 5.56 Å². The number of halogens is 1. The summed E-state index contributed by atoms with van der Waals surface area (Å²) in [6, 6.07) is 9.61. The van der Waals surface area contributed by atoms with E-state index in [4.69, 9.17) is 5.26 Å². The van der Waals surface area contributed by atoms with Crippen molar-refractivity contribution in [1.29, 1.82) is 5.26 Å². The number of rotatable bonds is 0. The van der Waals surface area contributed by atoms with Crippen LogP contribution >= 0.6 is 0 Å². The average Bonchev–Trinajstić information content (AvgIpc) is 2.39. The maximum Gasteiger partial charge on any atom is 0.141 e. The summed E-state index contributed by atoms with van der Waals surface area (Å²) in [7, 11) is 0. The molecule has 1 heterocycles. The number of hydrogen-bond donors (Lipinski definition) is 0. The van der Waals surface area contributed by atoms with E-state index in [1.807, 2.05) is 6.07 Å². The zero-order chi connectivity index (χ0) is 12.1. The van der Waals surface area contributed by atoms with E-state index in [1.54, 1.807) is 30.6 Å². The minimum absolute atomic E-state index is 0.00277. The van der Waals surface area contributed by atoms with E-state index in [0.717, 1.165) is 5.56 Å². The second kappa shape index (κ2) is 4.92. The van der Waals surface area contributed by atoms with Gasteiger partial charge in [-0.25, -0.2) is 4.39 Å². The van der Waals surface area contributed by atoms with Gasteiger partial charge in [-0.15, -0.1) is 0 Å². The molecular weight excluding hydrogens is 215 g/mol. The molecule has 0 amide bonds. The monoisotopic (exact) mass is 222 g/mol. The lowest BCUT2D eigenvalue weighted by Crippen LogP contribution is -1.85. The molecule has 1 aromatic carbocycles. The summed E-state index contributed by atoms with van der Waals surface area (Å²) >= 11 is 0. The lowest BCUT2D eigenvalue weighted by atomic mass is 10.1. The van der Waals surface area contributed by atoms with Crippen LogP contribution in [0.3, 0.4) is 0 Å². The number of aromatic nitrogens is 1. The summed E-state index contributed by atoms with van der Waals surface area (Å²) in [5.41, 5.74) is 1.38. The normalized spacial score (nSPS) is 8.94. The van der Waals surface area contributed by atoms with Crippen LogP contribution in [0.25, 0.3) is 0 Å². The molecule has 0 N–H and O–H groups in total. The molecule has 2 rings (SSSR count). The van der Waals surface area contributed by atoms with Crippen molar-refractivity contribution < 1.29 is 4.39 Å². The van der Waals surface area contributed by atoms with Gasteiger partial charge in [0.15, 0.2) is 0 Å². The molecule has 0 radical (unpaired) electrons. The van der Waals surface area contributed by atoms with Gasteiger partial charge in [-0.05, 0) is 30.3 Å². The fraction of sp³-hybridized carbons (Fsp3) is 0. The SMILES string of the molecule is N#Cc1cc(C#Cc2cccnc2)ccc1F. The lowest BCUT2D eigenvalue weighted by molar-refractivity contribution is 0.624. The molecule has 0 saturated carbocycles. The molecule has 0 aliphatic rings. The van der Waals surface area contributed by atoms with Gasteiger partial charge in [0.05, 0.1) is 5.56 Å². The van der Waals surface area contributed by atoms with Gasteiger partial charge in [0, 0.05) is 23.5 Å². The predicted octanol–water partition coefficient (Wildman–Crippen LogP) is 2.49. The van der Waals surface area contributed by atoms with Crippen LogP contribution in [0.4, 0.5) is 4.39 Å². The molecule has 0 fully saturated rings. The Morgan fingerprint density at radius 3 is 2.65 bits per heavy atom. The Morgan fingerprint density at radius 1 is 1.12 bits per heavy atom. The molecule has 2 nitrogen and oxygen atoms in total. The molecule has 0 bridgehead atoms. The van der Waals surface area contributed by atoms with Gasteiger partial charge in [0.1, 0.15) is 11.9 Å². The summed E-state index contributed by atoms with van der Waals surface area (Å²) in [5.74, 6) is 5.21. The van der Waals surface area contributed by atoms with Gasteiger partial charge in [-0.3, -0.25) is 4.98 Å². The average molecular weight is 222 g/mol. The zero-order valence-electron chi connectivity index (χ0n) is 8.81. The summed E-state index contributed by atoms with van der Waals surface area (Å²) < 4.78 is 13.1. The highest BCUT2D eigenvalue weighted by atomic mass is 19.1. The van der Waals surface area contributed by atoms with Gasteiger partial charge < -0.3 is 0 Å². The molecule has 0 spiro atoms. The van der Waals surface area contributed by atoms with Gasteiger partial charge in [0.2, 0.25) is 0 Å². The topological polar surface area (TPSA) is 36.7 Å². The zero-order valence-corrected chi connectivity index (χ0v) is 8.81.